The highest BCUT2D eigenvalue weighted by molar-refractivity contribution is 5.78. The Morgan fingerprint density at radius 3 is 2.73 bits per heavy atom. The van der Waals surface area contributed by atoms with Crippen molar-refractivity contribution in [2.45, 2.75) is 39.0 Å². The van der Waals surface area contributed by atoms with Crippen LogP contribution >= 0.6 is 0 Å². The summed E-state index contributed by atoms with van der Waals surface area (Å²) in [6.45, 7) is 6.01. The first-order valence-electron chi connectivity index (χ1n) is 6.19. The molecular formula is C12H23N3. The van der Waals surface area contributed by atoms with Gasteiger partial charge in [-0.05, 0) is 37.1 Å². The highest BCUT2D eigenvalue weighted by Gasteiger charge is 2.44. The van der Waals surface area contributed by atoms with Gasteiger partial charge in [-0.2, -0.15) is 0 Å². The normalized spacial score (nSPS) is 29.3. The van der Waals surface area contributed by atoms with Crippen molar-refractivity contribution in [2.75, 3.05) is 19.6 Å². The summed E-state index contributed by atoms with van der Waals surface area (Å²) in [6.07, 6.45) is 6.06. The highest BCUT2D eigenvalue weighted by atomic mass is 15.2. The van der Waals surface area contributed by atoms with Gasteiger partial charge in [-0.25, -0.2) is 0 Å². The van der Waals surface area contributed by atoms with Gasteiger partial charge in [0, 0.05) is 19.5 Å². The number of hydrogen-bond donors (Lipinski definition) is 2. The maximum atomic E-state index is 7.40. The van der Waals surface area contributed by atoms with Gasteiger partial charge in [0.25, 0.3) is 0 Å². The second-order valence-corrected chi connectivity index (χ2v) is 5.50. The fourth-order valence-corrected chi connectivity index (χ4v) is 2.84. The standard InChI is InChI=1S/C12H23N3/c1-2-10-3-6-15(8-10)9-12(4-5-12)7-11(13)14/h10H,2-9H2,1H3,(H3,13,14). The zero-order chi connectivity index (χ0) is 10.9. The molecule has 0 spiro atoms. The monoisotopic (exact) mass is 209 g/mol. The topological polar surface area (TPSA) is 53.1 Å². The summed E-state index contributed by atoms with van der Waals surface area (Å²) in [7, 11) is 0. The summed E-state index contributed by atoms with van der Waals surface area (Å²) in [5, 5.41) is 7.40. The lowest BCUT2D eigenvalue weighted by molar-refractivity contribution is 0.258. The predicted molar refractivity (Wildman–Crippen MR) is 63.0 cm³/mol. The third kappa shape index (κ3) is 2.71. The second kappa shape index (κ2) is 4.12. The number of hydrogen-bond acceptors (Lipinski definition) is 2. The Kier molecular flexibility index (Phi) is 3.01. The van der Waals surface area contributed by atoms with Gasteiger partial charge in [0.1, 0.15) is 0 Å². The first-order chi connectivity index (χ1) is 7.13. The van der Waals surface area contributed by atoms with Crippen molar-refractivity contribution in [3.05, 3.63) is 0 Å². The molecule has 1 saturated heterocycles. The second-order valence-electron chi connectivity index (χ2n) is 5.50. The van der Waals surface area contributed by atoms with Crippen LogP contribution in [0.3, 0.4) is 0 Å². The van der Waals surface area contributed by atoms with Gasteiger partial charge in [0.05, 0.1) is 5.84 Å². The van der Waals surface area contributed by atoms with Crippen LogP contribution in [0.2, 0.25) is 0 Å². The van der Waals surface area contributed by atoms with Crippen LogP contribution in [0.4, 0.5) is 0 Å². The van der Waals surface area contributed by atoms with E-state index in [2.05, 4.69) is 11.8 Å². The minimum atomic E-state index is 0.374. The van der Waals surface area contributed by atoms with Crippen LogP contribution in [0.25, 0.3) is 0 Å². The van der Waals surface area contributed by atoms with E-state index in [1.54, 1.807) is 0 Å². The molecule has 0 amide bonds. The first-order valence-corrected chi connectivity index (χ1v) is 6.19. The summed E-state index contributed by atoms with van der Waals surface area (Å²) in [4.78, 5) is 2.59. The molecule has 3 heteroatoms. The summed E-state index contributed by atoms with van der Waals surface area (Å²) < 4.78 is 0. The lowest BCUT2D eigenvalue weighted by Gasteiger charge is -2.22. The number of nitrogens with zero attached hydrogens (tertiary/aromatic N) is 1. The van der Waals surface area contributed by atoms with Crippen molar-refractivity contribution >= 4 is 5.84 Å². The van der Waals surface area contributed by atoms with Gasteiger partial charge in [0.15, 0.2) is 0 Å². The Morgan fingerprint density at radius 1 is 1.53 bits per heavy atom. The Morgan fingerprint density at radius 2 is 2.27 bits per heavy atom. The molecule has 0 radical (unpaired) electrons. The maximum absolute atomic E-state index is 7.40. The SMILES string of the molecule is CCC1CCN(CC2(CC(=N)N)CC2)C1. The van der Waals surface area contributed by atoms with Crippen LogP contribution in [0.15, 0.2) is 0 Å². The summed E-state index contributed by atoms with van der Waals surface area (Å²) >= 11 is 0. The minimum absolute atomic E-state index is 0.374. The molecule has 86 valence electrons. The molecule has 0 aromatic heterocycles. The molecule has 0 aromatic carbocycles. The van der Waals surface area contributed by atoms with E-state index in [9.17, 15) is 0 Å². The zero-order valence-electron chi connectivity index (χ0n) is 9.76. The van der Waals surface area contributed by atoms with Crippen molar-refractivity contribution in [2.24, 2.45) is 17.1 Å². The van der Waals surface area contributed by atoms with E-state index >= 15 is 0 Å². The molecule has 2 aliphatic rings. The summed E-state index contributed by atoms with van der Waals surface area (Å²) in [5.74, 6) is 1.29. The molecule has 1 atom stereocenters. The molecule has 3 nitrogen and oxygen atoms in total. The molecule has 3 N–H and O–H groups in total. The number of amidine groups is 1. The lowest BCUT2D eigenvalue weighted by Crippen LogP contribution is -2.31. The molecule has 1 aliphatic heterocycles. The van der Waals surface area contributed by atoms with Gasteiger partial charge >= 0.3 is 0 Å². The Bertz CT molecular complexity index is 245. The zero-order valence-corrected chi connectivity index (χ0v) is 9.76. The van der Waals surface area contributed by atoms with Crippen LogP contribution in [-0.2, 0) is 0 Å². The molecule has 2 rings (SSSR count). The smallest absolute Gasteiger partial charge is 0.0911 e. The van der Waals surface area contributed by atoms with E-state index in [1.807, 2.05) is 0 Å². The van der Waals surface area contributed by atoms with Crippen LogP contribution in [0.5, 0.6) is 0 Å². The molecule has 1 heterocycles. The largest absolute Gasteiger partial charge is 0.388 e. The molecule has 15 heavy (non-hydrogen) atoms. The Hall–Kier alpha value is -0.570. The number of nitrogens with two attached hydrogens (primary N) is 1. The molecular weight excluding hydrogens is 186 g/mol. The van der Waals surface area contributed by atoms with Crippen molar-refractivity contribution < 1.29 is 0 Å². The van der Waals surface area contributed by atoms with Gasteiger partial charge < -0.3 is 10.6 Å². The Labute approximate surface area is 92.5 Å². The summed E-state index contributed by atoms with van der Waals surface area (Å²) in [5.41, 5.74) is 5.91. The fraction of sp³-hybridized carbons (Fsp3) is 0.917. The molecule has 1 aliphatic carbocycles. The van der Waals surface area contributed by atoms with E-state index in [-0.39, 0.29) is 0 Å². The van der Waals surface area contributed by atoms with Crippen LogP contribution in [0, 0.1) is 16.7 Å². The number of rotatable bonds is 5. The average molecular weight is 209 g/mol. The average Bonchev–Trinajstić information content (AvgIpc) is 2.76. The quantitative estimate of drug-likeness (QED) is 0.536. The van der Waals surface area contributed by atoms with E-state index in [1.165, 1.54) is 45.3 Å². The molecule has 0 aromatic rings. The third-order valence-corrected chi connectivity index (χ3v) is 4.03. The maximum Gasteiger partial charge on any atom is 0.0911 e. The van der Waals surface area contributed by atoms with Crippen molar-refractivity contribution in [1.29, 1.82) is 5.41 Å². The van der Waals surface area contributed by atoms with E-state index in [0.29, 0.717) is 11.3 Å². The van der Waals surface area contributed by atoms with Crippen LogP contribution in [0.1, 0.15) is 39.0 Å². The van der Waals surface area contributed by atoms with E-state index in [0.717, 1.165) is 12.3 Å². The predicted octanol–water partition coefficient (Wildman–Crippen LogP) is 1.82. The van der Waals surface area contributed by atoms with Crippen molar-refractivity contribution in [3.63, 3.8) is 0 Å². The minimum Gasteiger partial charge on any atom is -0.388 e. The molecule has 1 unspecified atom stereocenters. The molecule has 2 fully saturated rings. The van der Waals surface area contributed by atoms with Crippen LogP contribution in [-0.4, -0.2) is 30.4 Å². The van der Waals surface area contributed by atoms with Crippen molar-refractivity contribution in [1.82, 2.24) is 4.90 Å². The lowest BCUT2D eigenvalue weighted by atomic mass is 10.0. The first kappa shape index (κ1) is 10.9. The summed E-state index contributed by atoms with van der Waals surface area (Å²) in [6, 6.07) is 0. The van der Waals surface area contributed by atoms with Gasteiger partial charge in [-0.15, -0.1) is 0 Å². The van der Waals surface area contributed by atoms with Gasteiger partial charge in [-0.1, -0.05) is 13.3 Å². The highest BCUT2D eigenvalue weighted by Crippen LogP contribution is 2.49. The van der Waals surface area contributed by atoms with E-state index in [4.69, 9.17) is 11.1 Å². The Balaban J connectivity index is 1.80. The number of likely N-dealkylation sites (tertiary alicyclic amines) is 1. The van der Waals surface area contributed by atoms with Gasteiger partial charge in [-0.3, -0.25) is 5.41 Å². The van der Waals surface area contributed by atoms with Crippen molar-refractivity contribution in [3.8, 4) is 0 Å². The third-order valence-electron chi connectivity index (χ3n) is 4.03. The fourth-order valence-electron chi connectivity index (χ4n) is 2.84. The van der Waals surface area contributed by atoms with Gasteiger partial charge in [0.2, 0.25) is 0 Å². The molecule has 1 saturated carbocycles. The van der Waals surface area contributed by atoms with E-state index < -0.39 is 0 Å². The number of nitrogens with one attached hydrogen (secondary N) is 1. The molecule has 0 bridgehead atoms. The van der Waals surface area contributed by atoms with Crippen LogP contribution < -0.4 is 5.73 Å².